The van der Waals surface area contributed by atoms with E-state index in [2.05, 4.69) is 4.98 Å². The van der Waals surface area contributed by atoms with Crippen molar-refractivity contribution in [2.75, 3.05) is 12.3 Å². The fraction of sp³-hybridized carbons (Fsp3) is 0.643. The second-order valence-electron chi connectivity index (χ2n) is 4.50. The summed E-state index contributed by atoms with van der Waals surface area (Å²) in [7, 11) is 0. The number of aliphatic hydroxyl groups excluding tert-OH is 1. The molecule has 0 spiro atoms. The smallest absolute Gasteiger partial charge is 0.0938 e. The first kappa shape index (κ1) is 14.9. The lowest BCUT2D eigenvalue weighted by atomic mass is 9.86. The van der Waals surface area contributed by atoms with Gasteiger partial charge in [0.05, 0.1) is 11.7 Å². The first-order valence-corrected chi connectivity index (χ1v) is 6.60. The van der Waals surface area contributed by atoms with Gasteiger partial charge in [-0.2, -0.15) is 0 Å². The number of anilines is 1. The molecule has 0 aliphatic heterocycles. The van der Waals surface area contributed by atoms with Gasteiger partial charge in [0, 0.05) is 31.1 Å². The van der Waals surface area contributed by atoms with Gasteiger partial charge in [-0.25, -0.2) is 0 Å². The van der Waals surface area contributed by atoms with Crippen LogP contribution < -0.4 is 5.73 Å². The summed E-state index contributed by atoms with van der Waals surface area (Å²) in [4.78, 5) is 4.05. The van der Waals surface area contributed by atoms with Crippen molar-refractivity contribution < 1.29 is 9.84 Å². The maximum Gasteiger partial charge on any atom is 0.0938 e. The number of ether oxygens (including phenoxy) is 1. The summed E-state index contributed by atoms with van der Waals surface area (Å²) in [5.74, 6) is 0. The van der Waals surface area contributed by atoms with Crippen LogP contribution in [0, 0.1) is 0 Å². The highest BCUT2D eigenvalue weighted by Gasteiger charge is 2.35. The van der Waals surface area contributed by atoms with Crippen LogP contribution in [0.5, 0.6) is 0 Å². The fourth-order valence-corrected chi connectivity index (χ4v) is 2.31. The Morgan fingerprint density at radius 2 is 2.06 bits per heavy atom. The molecular weight excluding hydrogens is 228 g/mol. The van der Waals surface area contributed by atoms with Gasteiger partial charge in [0.2, 0.25) is 0 Å². The highest BCUT2D eigenvalue weighted by atomic mass is 16.5. The molecule has 1 heterocycles. The Labute approximate surface area is 109 Å². The quantitative estimate of drug-likeness (QED) is 0.780. The number of hydrogen-bond acceptors (Lipinski definition) is 4. The molecule has 1 unspecified atom stereocenters. The summed E-state index contributed by atoms with van der Waals surface area (Å²) in [5, 5.41) is 10.5. The Hall–Kier alpha value is -1.13. The van der Waals surface area contributed by atoms with Crippen LogP contribution in [-0.4, -0.2) is 28.4 Å². The van der Waals surface area contributed by atoms with Gasteiger partial charge >= 0.3 is 0 Å². The van der Waals surface area contributed by atoms with E-state index in [1.165, 1.54) is 0 Å². The summed E-state index contributed by atoms with van der Waals surface area (Å²) in [5.41, 5.74) is 6.93. The molecular formula is C14H24N2O2. The van der Waals surface area contributed by atoms with Gasteiger partial charge in [-0.3, -0.25) is 4.98 Å². The monoisotopic (exact) mass is 252 g/mol. The SMILES string of the molecule is CCOC(CC)(CC)C(O)Cc1cnccc1N. The summed E-state index contributed by atoms with van der Waals surface area (Å²) < 4.78 is 5.79. The van der Waals surface area contributed by atoms with Crippen LogP contribution in [0.1, 0.15) is 39.2 Å². The van der Waals surface area contributed by atoms with Crippen molar-refractivity contribution >= 4 is 5.69 Å². The van der Waals surface area contributed by atoms with Gasteiger partial charge < -0.3 is 15.6 Å². The van der Waals surface area contributed by atoms with E-state index in [4.69, 9.17) is 10.5 Å². The van der Waals surface area contributed by atoms with Crippen molar-refractivity contribution in [1.82, 2.24) is 4.98 Å². The van der Waals surface area contributed by atoms with Gasteiger partial charge in [-0.1, -0.05) is 13.8 Å². The molecule has 1 rings (SSSR count). The summed E-state index contributed by atoms with van der Waals surface area (Å²) >= 11 is 0. The second kappa shape index (κ2) is 6.71. The van der Waals surface area contributed by atoms with E-state index in [1.54, 1.807) is 18.5 Å². The number of aromatic nitrogens is 1. The normalized spacial score (nSPS) is 13.6. The number of nitrogen functional groups attached to an aromatic ring is 1. The molecule has 1 aromatic heterocycles. The molecule has 1 aromatic rings. The van der Waals surface area contributed by atoms with Crippen LogP contribution in [-0.2, 0) is 11.2 Å². The number of hydrogen-bond donors (Lipinski definition) is 2. The Kier molecular flexibility index (Phi) is 5.56. The maximum absolute atomic E-state index is 10.5. The molecule has 1 atom stereocenters. The highest BCUT2D eigenvalue weighted by molar-refractivity contribution is 5.44. The minimum absolute atomic E-state index is 0.474. The van der Waals surface area contributed by atoms with Crippen LogP contribution >= 0.6 is 0 Å². The van der Waals surface area contributed by atoms with E-state index in [-0.39, 0.29) is 0 Å². The molecule has 0 bridgehead atoms. The van der Waals surface area contributed by atoms with E-state index in [0.717, 1.165) is 18.4 Å². The minimum atomic E-state index is -0.570. The topological polar surface area (TPSA) is 68.4 Å². The highest BCUT2D eigenvalue weighted by Crippen LogP contribution is 2.28. The maximum atomic E-state index is 10.5. The average Bonchev–Trinajstić information content (AvgIpc) is 2.38. The largest absolute Gasteiger partial charge is 0.398 e. The average molecular weight is 252 g/mol. The zero-order chi connectivity index (χ0) is 13.6. The second-order valence-corrected chi connectivity index (χ2v) is 4.50. The molecule has 18 heavy (non-hydrogen) atoms. The Morgan fingerprint density at radius 3 is 2.56 bits per heavy atom. The molecule has 0 aliphatic carbocycles. The van der Waals surface area contributed by atoms with E-state index in [0.29, 0.717) is 18.7 Å². The molecule has 0 saturated carbocycles. The molecule has 0 saturated heterocycles. The number of pyridine rings is 1. The molecule has 102 valence electrons. The van der Waals surface area contributed by atoms with E-state index < -0.39 is 11.7 Å². The molecule has 0 radical (unpaired) electrons. The van der Waals surface area contributed by atoms with Crippen molar-refractivity contribution in [2.45, 2.75) is 51.7 Å². The Morgan fingerprint density at radius 1 is 1.39 bits per heavy atom. The fourth-order valence-electron chi connectivity index (χ4n) is 2.31. The molecule has 0 fully saturated rings. The van der Waals surface area contributed by atoms with Gasteiger partial charge in [0.15, 0.2) is 0 Å². The Balaban J connectivity index is 2.85. The number of rotatable bonds is 7. The molecule has 3 N–H and O–H groups in total. The van der Waals surface area contributed by atoms with Crippen molar-refractivity contribution in [3.8, 4) is 0 Å². The third kappa shape index (κ3) is 3.21. The standard InChI is InChI=1S/C14H24N2O2/c1-4-14(5-2,18-6-3)13(17)9-11-10-16-8-7-12(11)15/h7-8,10,13,17H,4-6,9H2,1-3H3,(H2,15,16). The lowest BCUT2D eigenvalue weighted by Crippen LogP contribution is -2.45. The van der Waals surface area contributed by atoms with Crippen LogP contribution in [0.15, 0.2) is 18.5 Å². The van der Waals surface area contributed by atoms with E-state index in [9.17, 15) is 5.11 Å². The van der Waals surface area contributed by atoms with Crippen LogP contribution in [0.3, 0.4) is 0 Å². The zero-order valence-corrected chi connectivity index (χ0v) is 11.5. The lowest BCUT2D eigenvalue weighted by molar-refractivity contribution is -0.124. The lowest BCUT2D eigenvalue weighted by Gasteiger charge is -2.36. The first-order valence-electron chi connectivity index (χ1n) is 6.60. The zero-order valence-electron chi connectivity index (χ0n) is 11.5. The van der Waals surface area contributed by atoms with E-state index in [1.807, 2.05) is 20.8 Å². The van der Waals surface area contributed by atoms with Crippen molar-refractivity contribution in [2.24, 2.45) is 0 Å². The van der Waals surface area contributed by atoms with Crippen LogP contribution in [0.25, 0.3) is 0 Å². The van der Waals surface area contributed by atoms with Gasteiger partial charge in [-0.15, -0.1) is 0 Å². The van der Waals surface area contributed by atoms with Gasteiger partial charge in [0.1, 0.15) is 0 Å². The van der Waals surface area contributed by atoms with Gasteiger partial charge in [0.25, 0.3) is 0 Å². The van der Waals surface area contributed by atoms with E-state index >= 15 is 0 Å². The van der Waals surface area contributed by atoms with Gasteiger partial charge in [-0.05, 0) is 31.4 Å². The number of aliphatic hydroxyl groups is 1. The molecule has 0 aliphatic rings. The van der Waals surface area contributed by atoms with Crippen molar-refractivity contribution in [3.63, 3.8) is 0 Å². The molecule has 0 amide bonds. The summed E-state index contributed by atoms with van der Waals surface area (Å²) in [6, 6.07) is 1.75. The molecule has 4 heteroatoms. The predicted molar refractivity (Wildman–Crippen MR) is 73.3 cm³/mol. The summed E-state index contributed by atoms with van der Waals surface area (Å²) in [6.07, 6.45) is 4.82. The molecule has 4 nitrogen and oxygen atoms in total. The third-order valence-corrected chi connectivity index (χ3v) is 3.59. The predicted octanol–water partition coefficient (Wildman–Crippen LogP) is 2.16. The molecule has 0 aromatic carbocycles. The van der Waals surface area contributed by atoms with Crippen LogP contribution in [0.2, 0.25) is 0 Å². The minimum Gasteiger partial charge on any atom is -0.398 e. The van der Waals surface area contributed by atoms with Crippen molar-refractivity contribution in [1.29, 1.82) is 0 Å². The third-order valence-electron chi connectivity index (χ3n) is 3.59. The first-order chi connectivity index (χ1) is 8.59. The Bertz CT molecular complexity index is 365. The van der Waals surface area contributed by atoms with Crippen molar-refractivity contribution in [3.05, 3.63) is 24.0 Å². The summed E-state index contributed by atoms with van der Waals surface area (Å²) in [6.45, 7) is 6.62. The van der Waals surface area contributed by atoms with Crippen LogP contribution in [0.4, 0.5) is 5.69 Å². The number of nitrogens with zero attached hydrogens (tertiary/aromatic N) is 1. The number of nitrogens with two attached hydrogens (primary N) is 1.